The lowest BCUT2D eigenvalue weighted by Crippen LogP contribution is -2.32. The van der Waals surface area contributed by atoms with Gasteiger partial charge in [-0.05, 0) is 43.9 Å². The van der Waals surface area contributed by atoms with Crippen LogP contribution in [0.25, 0.3) is 0 Å². The van der Waals surface area contributed by atoms with Gasteiger partial charge in [-0.15, -0.1) is 0 Å². The van der Waals surface area contributed by atoms with Gasteiger partial charge in [0, 0.05) is 19.6 Å². The zero-order valence-corrected chi connectivity index (χ0v) is 12.8. The lowest BCUT2D eigenvalue weighted by atomic mass is 9.97. The molecule has 0 spiro atoms. The number of amides is 1. The average molecular weight is 287 g/mol. The fourth-order valence-electron chi connectivity index (χ4n) is 3.38. The van der Waals surface area contributed by atoms with Crippen molar-refractivity contribution in [1.29, 1.82) is 0 Å². The number of hydrogen-bond donors (Lipinski definition) is 2. The fraction of sp³-hybridized carbons (Fsp3) is 0.588. The van der Waals surface area contributed by atoms with Crippen molar-refractivity contribution in [3.8, 4) is 0 Å². The highest BCUT2D eigenvalue weighted by atomic mass is 16.2. The van der Waals surface area contributed by atoms with Crippen LogP contribution in [0.3, 0.4) is 0 Å². The Labute approximate surface area is 126 Å². The summed E-state index contributed by atoms with van der Waals surface area (Å²) in [6, 6.07) is 8.20. The molecule has 2 fully saturated rings. The van der Waals surface area contributed by atoms with E-state index in [9.17, 15) is 4.79 Å². The van der Waals surface area contributed by atoms with Gasteiger partial charge in [-0.25, -0.2) is 0 Å². The summed E-state index contributed by atoms with van der Waals surface area (Å²) in [5.41, 5.74) is 2.13. The molecule has 2 heterocycles. The molecule has 1 aromatic rings. The topological polar surface area (TPSA) is 44.4 Å². The standard InChI is InChI=1S/C17H25N3O/c1-13-11-18-12-14(13)17(21)19-15-7-3-4-8-16(15)20-9-5-2-6-10-20/h3-4,7-8,13-14,18H,2,5-6,9-12H2,1H3,(H,19,21)/t13-,14-/m1/s1. The number of anilines is 2. The van der Waals surface area contributed by atoms with Crippen LogP contribution in [0.1, 0.15) is 26.2 Å². The number of nitrogens with zero attached hydrogens (tertiary/aromatic N) is 1. The number of carbonyl (C=O) groups excluding carboxylic acids is 1. The minimum absolute atomic E-state index is 0.0828. The van der Waals surface area contributed by atoms with Crippen molar-refractivity contribution in [3.05, 3.63) is 24.3 Å². The Morgan fingerprint density at radius 1 is 1.19 bits per heavy atom. The summed E-state index contributed by atoms with van der Waals surface area (Å²) in [5, 5.41) is 6.46. The van der Waals surface area contributed by atoms with E-state index in [4.69, 9.17) is 0 Å². The summed E-state index contributed by atoms with van der Waals surface area (Å²) in [5.74, 6) is 0.642. The number of hydrogen-bond acceptors (Lipinski definition) is 3. The third-order valence-corrected chi connectivity index (χ3v) is 4.71. The molecule has 114 valence electrons. The molecule has 0 unspecified atom stereocenters. The summed E-state index contributed by atoms with van der Waals surface area (Å²) in [6.07, 6.45) is 3.80. The molecular weight excluding hydrogens is 262 g/mol. The predicted molar refractivity (Wildman–Crippen MR) is 86.7 cm³/mol. The van der Waals surface area contributed by atoms with Crippen LogP contribution in [0.15, 0.2) is 24.3 Å². The number of rotatable bonds is 3. The Hall–Kier alpha value is -1.55. The minimum Gasteiger partial charge on any atom is -0.370 e. The first-order chi connectivity index (χ1) is 10.3. The second kappa shape index (κ2) is 6.48. The third kappa shape index (κ3) is 3.21. The van der Waals surface area contributed by atoms with E-state index in [2.05, 4.69) is 34.6 Å². The molecular formula is C17H25N3O. The van der Waals surface area contributed by atoms with Crippen molar-refractivity contribution < 1.29 is 4.79 Å². The van der Waals surface area contributed by atoms with Crippen LogP contribution in [0.4, 0.5) is 11.4 Å². The van der Waals surface area contributed by atoms with E-state index in [1.54, 1.807) is 0 Å². The molecule has 1 aromatic carbocycles. The monoisotopic (exact) mass is 287 g/mol. The van der Waals surface area contributed by atoms with E-state index in [0.717, 1.165) is 31.9 Å². The van der Waals surface area contributed by atoms with Crippen molar-refractivity contribution in [2.75, 3.05) is 36.4 Å². The van der Waals surface area contributed by atoms with Crippen LogP contribution in [-0.4, -0.2) is 32.1 Å². The van der Waals surface area contributed by atoms with Crippen LogP contribution in [0, 0.1) is 11.8 Å². The minimum atomic E-state index is 0.0828. The molecule has 2 atom stereocenters. The van der Waals surface area contributed by atoms with E-state index in [0.29, 0.717) is 5.92 Å². The summed E-state index contributed by atoms with van der Waals surface area (Å²) < 4.78 is 0. The molecule has 2 aliphatic rings. The quantitative estimate of drug-likeness (QED) is 0.897. The first kappa shape index (κ1) is 14.4. The van der Waals surface area contributed by atoms with E-state index in [1.807, 2.05) is 12.1 Å². The van der Waals surface area contributed by atoms with Crippen LogP contribution >= 0.6 is 0 Å². The maximum Gasteiger partial charge on any atom is 0.229 e. The number of carbonyl (C=O) groups is 1. The number of para-hydroxylation sites is 2. The molecule has 4 nitrogen and oxygen atoms in total. The molecule has 21 heavy (non-hydrogen) atoms. The summed E-state index contributed by atoms with van der Waals surface area (Å²) in [7, 11) is 0. The highest BCUT2D eigenvalue weighted by Gasteiger charge is 2.30. The van der Waals surface area contributed by atoms with Crippen molar-refractivity contribution in [2.45, 2.75) is 26.2 Å². The molecule has 0 radical (unpaired) electrons. The first-order valence-corrected chi connectivity index (χ1v) is 8.11. The van der Waals surface area contributed by atoms with E-state index >= 15 is 0 Å². The maximum atomic E-state index is 12.5. The Morgan fingerprint density at radius 3 is 2.67 bits per heavy atom. The van der Waals surface area contributed by atoms with Crippen molar-refractivity contribution in [3.63, 3.8) is 0 Å². The third-order valence-electron chi connectivity index (χ3n) is 4.71. The molecule has 0 bridgehead atoms. The number of piperidine rings is 1. The predicted octanol–water partition coefficient (Wildman–Crippen LogP) is 2.47. The summed E-state index contributed by atoms with van der Waals surface area (Å²) in [4.78, 5) is 14.9. The lowest BCUT2D eigenvalue weighted by Gasteiger charge is -2.30. The van der Waals surface area contributed by atoms with Crippen LogP contribution in [0.5, 0.6) is 0 Å². The van der Waals surface area contributed by atoms with Gasteiger partial charge < -0.3 is 15.5 Å². The van der Waals surface area contributed by atoms with Gasteiger partial charge in [-0.3, -0.25) is 4.79 Å². The Morgan fingerprint density at radius 2 is 1.95 bits per heavy atom. The largest absolute Gasteiger partial charge is 0.370 e. The Kier molecular flexibility index (Phi) is 4.44. The highest BCUT2D eigenvalue weighted by molar-refractivity contribution is 5.96. The van der Waals surface area contributed by atoms with Gasteiger partial charge in [0.25, 0.3) is 0 Å². The van der Waals surface area contributed by atoms with Gasteiger partial charge in [0.15, 0.2) is 0 Å². The molecule has 2 N–H and O–H groups in total. The zero-order chi connectivity index (χ0) is 14.7. The SMILES string of the molecule is C[C@@H]1CNC[C@H]1C(=O)Nc1ccccc1N1CCCCC1. The fourth-order valence-corrected chi connectivity index (χ4v) is 3.38. The molecule has 1 amide bonds. The molecule has 4 heteroatoms. The molecule has 3 rings (SSSR count). The first-order valence-electron chi connectivity index (χ1n) is 8.11. The molecule has 0 aromatic heterocycles. The van der Waals surface area contributed by atoms with Crippen LogP contribution in [0.2, 0.25) is 0 Å². The average Bonchev–Trinajstić information content (AvgIpc) is 2.95. The van der Waals surface area contributed by atoms with E-state index < -0.39 is 0 Å². The van der Waals surface area contributed by atoms with Crippen molar-refractivity contribution >= 4 is 17.3 Å². The molecule has 0 aliphatic carbocycles. The normalized spacial score (nSPS) is 25.9. The van der Waals surface area contributed by atoms with Gasteiger partial charge in [-0.1, -0.05) is 19.1 Å². The van der Waals surface area contributed by atoms with Gasteiger partial charge in [0.2, 0.25) is 5.91 Å². The number of benzene rings is 1. The van der Waals surface area contributed by atoms with Crippen LogP contribution in [-0.2, 0) is 4.79 Å². The van der Waals surface area contributed by atoms with Gasteiger partial charge in [0.1, 0.15) is 0 Å². The van der Waals surface area contributed by atoms with Gasteiger partial charge in [0.05, 0.1) is 17.3 Å². The summed E-state index contributed by atoms with van der Waals surface area (Å²) in [6.45, 7) is 6.05. The van der Waals surface area contributed by atoms with Crippen molar-refractivity contribution in [2.24, 2.45) is 11.8 Å². The lowest BCUT2D eigenvalue weighted by molar-refractivity contribution is -0.120. The second-order valence-corrected chi connectivity index (χ2v) is 6.30. The van der Waals surface area contributed by atoms with E-state index in [1.165, 1.54) is 24.9 Å². The molecule has 0 saturated carbocycles. The van der Waals surface area contributed by atoms with Gasteiger partial charge >= 0.3 is 0 Å². The highest BCUT2D eigenvalue weighted by Crippen LogP contribution is 2.29. The number of nitrogens with one attached hydrogen (secondary N) is 2. The smallest absolute Gasteiger partial charge is 0.229 e. The molecule has 2 saturated heterocycles. The maximum absolute atomic E-state index is 12.5. The van der Waals surface area contributed by atoms with Crippen LogP contribution < -0.4 is 15.5 Å². The zero-order valence-electron chi connectivity index (χ0n) is 12.8. The summed E-state index contributed by atoms with van der Waals surface area (Å²) >= 11 is 0. The molecule has 2 aliphatic heterocycles. The Bertz CT molecular complexity index is 497. The van der Waals surface area contributed by atoms with E-state index in [-0.39, 0.29) is 11.8 Å². The second-order valence-electron chi connectivity index (χ2n) is 6.30. The van der Waals surface area contributed by atoms with Crippen molar-refractivity contribution in [1.82, 2.24) is 5.32 Å². The Balaban J connectivity index is 1.74. The van der Waals surface area contributed by atoms with Gasteiger partial charge in [-0.2, -0.15) is 0 Å².